The number of likely N-dealkylation sites (N-methyl/N-ethyl adjacent to an activating group) is 2. The summed E-state index contributed by atoms with van der Waals surface area (Å²) in [5.41, 5.74) is 8.25. The largest absolute Gasteiger partial charge is 0.633 e. The minimum Gasteiger partial charge on any atom is -0.633 e. The third-order valence-corrected chi connectivity index (χ3v) is 7.36. The topological polar surface area (TPSA) is 131 Å². The van der Waals surface area contributed by atoms with E-state index < -0.39 is 0 Å². The van der Waals surface area contributed by atoms with Gasteiger partial charge in [0.2, 0.25) is 0 Å². The van der Waals surface area contributed by atoms with Gasteiger partial charge in [0.1, 0.15) is 17.6 Å². The maximum atomic E-state index is 13.9. The van der Waals surface area contributed by atoms with Crippen molar-refractivity contribution in [1.29, 1.82) is 0 Å². The fourth-order valence-electron chi connectivity index (χ4n) is 4.76. The molecule has 1 atom stereocenters. The Labute approximate surface area is 238 Å². The summed E-state index contributed by atoms with van der Waals surface area (Å²) < 4.78 is 8.33. The number of nitrogens with two attached hydrogens (primary N) is 1. The Bertz CT molecular complexity index is 1640. The van der Waals surface area contributed by atoms with Gasteiger partial charge in [-0.15, -0.1) is 0 Å². The lowest BCUT2D eigenvalue weighted by Gasteiger charge is -2.38. The molecule has 4 aromatic rings. The minimum absolute atomic E-state index is 0.125. The zero-order valence-corrected chi connectivity index (χ0v) is 23.6. The van der Waals surface area contributed by atoms with Crippen LogP contribution in [0.25, 0.3) is 22.5 Å². The Kier molecular flexibility index (Phi) is 7.91. The molecule has 2 aromatic carbocycles. The average molecular weight is 558 g/mol. The number of nitrogen functional groups attached to an aromatic ring is 1. The number of nitrogens with zero attached hydrogens (tertiary/aromatic N) is 6. The molecule has 11 heteroatoms. The van der Waals surface area contributed by atoms with Crippen molar-refractivity contribution < 1.29 is 14.2 Å². The van der Waals surface area contributed by atoms with Crippen LogP contribution in [0, 0.1) is 5.21 Å². The highest BCUT2D eigenvalue weighted by atomic mass is 16.5. The third kappa shape index (κ3) is 5.86. The lowest BCUT2D eigenvalue weighted by atomic mass is 10.2. The SMILES string of the molecule is CCCCOc1ccc(-n2c(=O)n(-c3cccc(N(C)C(=O)/C=C/C[N+](C)([O-])C4CC4)c3)c3ncnc(N)c32)cc1. The minimum atomic E-state index is -0.384. The zero-order chi connectivity index (χ0) is 29.1. The first-order valence-electron chi connectivity index (χ1n) is 13.8. The molecule has 41 heavy (non-hydrogen) atoms. The first-order chi connectivity index (χ1) is 19.7. The van der Waals surface area contributed by atoms with Gasteiger partial charge in [0.05, 0.1) is 37.6 Å². The van der Waals surface area contributed by atoms with Crippen LogP contribution >= 0.6 is 0 Å². The summed E-state index contributed by atoms with van der Waals surface area (Å²) in [4.78, 5) is 36.8. The maximum absolute atomic E-state index is 13.9. The maximum Gasteiger partial charge on any atom is 0.339 e. The summed E-state index contributed by atoms with van der Waals surface area (Å²) in [6.45, 7) is 2.97. The van der Waals surface area contributed by atoms with Crippen LogP contribution in [0.2, 0.25) is 0 Å². The van der Waals surface area contributed by atoms with Crippen LogP contribution in [0.15, 0.2) is 71.8 Å². The van der Waals surface area contributed by atoms with E-state index in [1.807, 2.05) is 12.1 Å². The molecule has 0 spiro atoms. The number of ether oxygens (including phenoxy) is 1. The molecule has 1 unspecified atom stereocenters. The molecule has 5 rings (SSSR count). The lowest BCUT2D eigenvalue weighted by Crippen LogP contribution is -2.40. The molecule has 1 amide bonds. The molecule has 0 bridgehead atoms. The van der Waals surface area contributed by atoms with Gasteiger partial charge < -0.3 is 25.2 Å². The number of benzene rings is 2. The number of fused-ring (bicyclic) bond motifs is 1. The molecule has 2 N–H and O–H groups in total. The number of carbonyl (C=O) groups is 1. The van der Waals surface area contributed by atoms with E-state index >= 15 is 0 Å². The molecule has 2 aromatic heterocycles. The Morgan fingerprint density at radius 1 is 1.17 bits per heavy atom. The third-order valence-electron chi connectivity index (χ3n) is 7.36. The van der Waals surface area contributed by atoms with Crippen molar-refractivity contribution in [3.05, 3.63) is 82.7 Å². The highest BCUT2D eigenvalue weighted by molar-refractivity contribution is 6.01. The summed E-state index contributed by atoms with van der Waals surface area (Å²) in [7, 11) is 3.29. The van der Waals surface area contributed by atoms with Gasteiger partial charge in [-0.05, 0) is 55.0 Å². The first-order valence-corrected chi connectivity index (χ1v) is 13.8. The van der Waals surface area contributed by atoms with Gasteiger partial charge in [-0.25, -0.2) is 19.3 Å². The summed E-state index contributed by atoms with van der Waals surface area (Å²) in [6.07, 6.45) is 8.22. The number of carbonyl (C=O) groups excluding carboxylic acids is 1. The number of quaternary nitrogens is 1. The van der Waals surface area contributed by atoms with E-state index in [1.165, 1.54) is 26.4 Å². The van der Waals surface area contributed by atoms with Crippen LogP contribution in [0.5, 0.6) is 5.75 Å². The number of imidazole rings is 1. The van der Waals surface area contributed by atoms with Crippen molar-refractivity contribution >= 4 is 28.6 Å². The molecule has 0 aliphatic heterocycles. The fraction of sp³-hybridized carbons (Fsp3) is 0.333. The highest BCUT2D eigenvalue weighted by Gasteiger charge is 2.34. The second kappa shape index (κ2) is 11.6. The number of rotatable bonds is 11. The predicted octanol–water partition coefficient (Wildman–Crippen LogP) is 3.96. The second-order valence-electron chi connectivity index (χ2n) is 10.5. The van der Waals surface area contributed by atoms with Gasteiger partial charge in [0.15, 0.2) is 11.5 Å². The number of hydroxylamine groups is 3. The van der Waals surface area contributed by atoms with Gasteiger partial charge in [0, 0.05) is 31.7 Å². The molecule has 1 fully saturated rings. The first kappa shape index (κ1) is 28.1. The summed E-state index contributed by atoms with van der Waals surface area (Å²) in [5, 5.41) is 12.5. The molecular weight excluding hydrogens is 522 g/mol. The Hall–Kier alpha value is -4.48. The quantitative estimate of drug-likeness (QED) is 0.128. The van der Waals surface area contributed by atoms with Crippen molar-refractivity contribution in [2.24, 2.45) is 0 Å². The van der Waals surface area contributed by atoms with Crippen molar-refractivity contribution in [2.75, 3.05) is 37.9 Å². The van der Waals surface area contributed by atoms with E-state index in [-0.39, 0.29) is 34.6 Å². The van der Waals surface area contributed by atoms with Crippen molar-refractivity contribution in [1.82, 2.24) is 19.1 Å². The smallest absolute Gasteiger partial charge is 0.339 e. The van der Waals surface area contributed by atoms with E-state index in [0.29, 0.717) is 40.6 Å². The Morgan fingerprint density at radius 2 is 1.93 bits per heavy atom. The lowest BCUT2D eigenvalue weighted by molar-refractivity contribution is -0.865. The van der Waals surface area contributed by atoms with Crippen LogP contribution in [-0.4, -0.2) is 62.9 Å². The molecule has 214 valence electrons. The molecular formula is C30H35N7O4. The van der Waals surface area contributed by atoms with Gasteiger partial charge >= 0.3 is 5.69 Å². The van der Waals surface area contributed by atoms with Gasteiger partial charge in [-0.2, -0.15) is 0 Å². The van der Waals surface area contributed by atoms with Gasteiger partial charge in [0.25, 0.3) is 5.91 Å². The Morgan fingerprint density at radius 3 is 2.63 bits per heavy atom. The number of amides is 1. The standard InChI is InChI=1S/C30H35N7O4/c1-4-5-18-41-25-15-11-21(12-16-25)35-27-28(31)32-20-33-29(27)36(30(35)39)23-9-6-8-22(19-23)34(2)26(38)10-7-17-37(3,40)24-13-14-24/h6-12,15-16,19-20,24H,4-5,13-14,17-18H2,1-3H3,(H2,31,32,33)/b10-7+. The number of hydrogen-bond acceptors (Lipinski definition) is 7. The fourth-order valence-corrected chi connectivity index (χ4v) is 4.76. The zero-order valence-electron chi connectivity index (χ0n) is 23.6. The van der Waals surface area contributed by atoms with E-state index in [4.69, 9.17) is 10.5 Å². The monoisotopic (exact) mass is 557 g/mol. The van der Waals surface area contributed by atoms with Gasteiger partial charge in [-0.1, -0.05) is 19.4 Å². The van der Waals surface area contributed by atoms with E-state index in [0.717, 1.165) is 25.7 Å². The van der Waals surface area contributed by atoms with Gasteiger partial charge in [-0.3, -0.25) is 9.36 Å². The van der Waals surface area contributed by atoms with Crippen LogP contribution in [-0.2, 0) is 4.79 Å². The van der Waals surface area contributed by atoms with Crippen LogP contribution < -0.4 is 21.1 Å². The van der Waals surface area contributed by atoms with E-state index in [2.05, 4.69) is 16.9 Å². The highest BCUT2D eigenvalue weighted by Crippen LogP contribution is 2.31. The molecule has 2 heterocycles. The van der Waals surface area contributed by atoms with E-state index in [1.54, 1.807) is 56.6 Å². The number of hydrogen-bond donors (Lipinski definition) is 1. The summed E-state index contributed by atoms with van der Waals surface area (Å²) in [5.74, 6) is 0.599. The average Bonchev–Trinajstić information content (AvgIpc) is 3.78. The Balaban J connectivity index is 1.46. The van der Waals surface area contributed by atoms with Crippen molar-refractivity contribution in [2.45, 2.75) is 38.6 Å². The second-order valence-corrected chi connectivity index (χ2v) is 10.5. The normalized spacial score (nSPS) is 14.8. The van der Waals surface area contributed by atoms with Crippen molar-refractivity contribution in [3.63, 3.8) is 0 Å². The number of aromatic nitrogens is 4. The van der Waals surface area contributed by atoms with Crippen LogP contribution in [0.1, 0.15) is 32.6 Å². The molecule has 0 saturated heterocycles. The molecule has 1 saturated carbocycles. The van der Waals surface area contributed by atoms with E-state index in [9.17, 15) is 14.8 Å². The molecule has 0 radical (unpaired) electrons. The van der Waals surface area contributed by atoms with Crippen LogP contribution in [0.3, 0.4) is 0 Å². The van der Waals surface area contributed by atoms with Crippen molar-refractivity contribution in [3.8, 4) is 17.1 Å². The molecule has 11 nitrogen and oxygen atoms in total. The number of anilines is 2. The predicted molar refractivity (Wildman–Crippen MR) is 159 cm³/mol. The summed E-state index contributed by atoms with van der Waals surface area (Å²) in [6, 6.07) is 14.4. The number of unbranched alkanes of at least 4 members (excludes halogenated alkanes) is 1. The molecule has 1 aliphatic carbocycles. The van der Waals surface area contributed by atoms with Crippen LogP contribution in [0.4, 0.5) is 11.5 Å². The molecule has 1 aliphatic rings. The summed E-state index contributed by atoms with van der Waals surface area (Å²) >= 11 is 0.